The second-order valence-corrected chi connectivity index (χ2v) is 5.30. The van der Waals surface area contributed by atoms with Crippen molar-refractivity contribution in [1.29, 1.82) is 0 Å². The average molecular weight is 310 g/mol. The van der Waals surface area contributed by atoms with Gasteiger partial charge in [0.25, 0.3) is 0 Å². The van der Waals surface area contributed by atoms with E-state index in [2.05, 4.69) is 15.3 Å². The van der Waals surface area contributed by atoms with Crippen LogP contribution in [0.15, 0.2) is 36.5 Å². The van der Waals surface area contributed by atoms with Crippen LogP contribution in [-0.2, 0) is 4.79 Å². The predicted octanol–water partition coefficient (Wildman–Crippen LogP) is 3.28. The highest BCUT2D eigenvalue weighted by molar-refractivity contribution is 5.91. The van der Waals surface area contributed by atoms with Gasteiger partial charge >= 0.3 is 0 Å². The molecular weight excluding hydrogens is 295 g/mol. The molecule has 0 radical (unpaired) electrons. The van der Waals surface area contributed by atoms with Gasteiger partial charge in [0.1, 0.15) is 11.6 Å². The maximum Gasteiger partial charge on any atom is 0.222 e. The first-order valence-electron chi connectivity index (χ1n) is 7.04. The number of nitrogens with one attached hydrogen (secondary N) is 1. The molecule has 0 fully saturated rings. The number of hydrogen-bond donors (Lipinski definition) is 2. The number of hydrogen-bond acceptors (Lipinski definition) is 4. The lowest BCUT2D eigenvalue weighted by Crippen LogP contribution is -2.07. The SMILES string of the molecule is CC(=O)Nc1cc2nc(C)c(-c3ccc(F)c(N)c3)cc2cn1. The molecule has 0 saturated carbocycles. The number of fused-ring (bicyclic) bond motifs is 1. The van der Waals surface area contributed by atoms with Crippen LogP contribution in [-0.4, -0.2) is 15.9 Å². The van der Waals surface area contributed by atoms with Crippen LogP contribution in [0.2, 0.25) is 0 Å². The molecule has 2 heterocycles. The highest BCUT2D eigenvalue weighted by atomic mass is 19.1. The summed E-state index contributed by atoms with van der Waals surface area (Å²) in [5, 5.41) is 3.45. The van der Waals surface area contributed by atoms with E-state index in [0.717, 1.165) is 27.7 Å². The molecule has 116 valence electrons. The Balaban J connectivity index is 2.10. The molecule has 0 aliphatic heterocycles. The van der Waals surface area contributed by atoms with Gasteiger partial charge in [-0.15, -0.1) is 0 Å². The van der Waals surface area contributed by atoms with Gasteiger partial charge in [0.15, 0.2) is 0 Å². The number of carbonyl (C=O) groups is 1. The van der Waals surface area contributed by atoms with Crippen molar-refractivity contribution in [2.24, 2.45) is 0 Å². The lowest BCUT2D eigenvalue weighted by atomic mass is 10.0. The summed E-state index contributed by atoms with van der Waals surface area (Å²) in [7, 11) is 0. The third kappa shape index (κ3) is 2.96. The summed E-state index contributed by atoms with van der Waals surface area (Å²) in [6, 6.07) is 8.23. The topological polar surface area (TPSA) is 80.9 Å². The standard InChI is InChI=1S/C17H15FN4O/c1-9-13(11-3-4-14(18)15(19)6-11)5-12-8-20-17(22-10(2)23)7-16(12)21-9/h3-8H,19H2,1-2H3,(H,20,22,23). The molecule has 0 atom stereocenters. The van der Waals surface area contributed by atoms with Crippen LogP contribution >= 0.6 is 0 Å². The highest BCUT2D eigenvalue weighted by Gasteiger charge is 2.09. The van der Waals surface area contributed by atoms with Gasteiger partial charge in [-0.2, -0.15) is 0 Å². The van der Waals surface area contributed by atoms with Crippen molar-refractivity contribution in [3.05, 3.63) is 48.0 Å². The number of nitrogens with zero attached hydrogens (tertiary/aromatic N) is 2. The molecule has 1 amide bonds. The van der Waals surface area contributed by atoms with E-state index in [9.17, 15) is 9.18 Å². The van der Waals surface area contributed by atoms with Gasteiger partial charge in [-0.25, -0.2) is 9.37 Å². The first-order valence-corrected chi connectivity index (χ1v) is 7.04. The normalized spacial score (nSPS) is 10.7. The Morgan fingerprint density at radius 2 is 2.04 bits per heavy atom. The molecule has 0 aliphatic rings. The maximum absolute atomic E-state index is 13.3. The highest BCUT2D eigenvalue weighted by Crippen LogP contribution is 2.28. The number of aromatic nitrogens is 2. The van der Waals surface area contributed by atoms with Gasteiger partial charge in [-0.05, 0) is 30.7 Å². The quantitative estimate of drug-likeness (QED) is 0.712. The fourth-order valence-corrected chi connectivity index (χ4v) is 2.42. The van der Waals surface area contributed by atoms with E-state index in [0.29, 0.717) is 5.82 Å². The smallest absolute Gasteiger partial charge is 0.222 e. The molecule has 6 heteroatoms. The van der Waals surface area contributed by atoms with E-state index in [4.69, 9.17) is 5.73 Å². The molecule has 5 nitrogen and oxygen atoms in total. The van der Waals surface area contributed by atoms with Gasteiger partial charge in [-0.1, -0.05) is 6.07 Å². The Labute approximate surface area is 132 Å². The van der Waals surface area contributed by atoms with Gasteiger partial charge in [0.05, 0.1) is 11.2 Å². The number of aryl methyl sites for hydroxylation is 1. The number of benzene rings is 1. The van der Waals surface area contributed by atoms with Crippen molar-refractivity contribution in [1.82, 2.24) is 9.97 Å². The van der Waals surface area contributed by atoms with E-state index < -0.39 is 5.82 Å². The molecule has 0 spiro atoms. The van der Waals surface area contributed by atoms with Gasteiger partial charge < -0.3 is 11.1 Å². The summed E-state index contributed by atoms with van der Waals surface area (Å²) in [6.07, 6.45) is 1.64. The molecule has 1 aromatic carbocycles. The van der Waals surface area contributed by atoms with Crippen LogP contribution in [0.3, 0.4) is 0 Å². The number of anilines is 2. The Bertz CT molecular complexity index is 924. The zero-order valence-corrected chi connectivity index (χ0v) is 12.7. The third-order valence-electron chi connectivity index (χ3n) is 3.50. The molecule has 0 saturated heterocycles. The second kappa shape index (κ2) is 5.64. The van der Waals surface area contributed by atoms with Crippen LogP contribution in [0, 0.1) is 12.7 Å². The molecule has 3 rings (SSSR count). The van der Waals surface area contributed by atoms with Gasteiger partial charge in [0, 0.05) is 35.8 Å². The predicted molar refractivity (Wildman–Crippen MR) is 88.4 cm³/mol. The molecular formula is C17H15FN4O. The van der Waals surface area contributed by atoms with E-state index in [1.807, 2.05) is 13.0 Å². The first-order chi connectivity index (χ1) is 10.9. The largest absolute Gasteiger partial charge is 0.396 e. The first kappa shape index (κ1) is 14.9. The van der Waals surface area contributed by atoms with E-state index in [-0.39, 0.29) is 11.6 Å². The number of rotatable bonds is 2. The van der Waals surface area contributed by atoms with Crippen molar-refractivity contribution in [3.63, 3.8) is 0 Å². The average Bonchev–Trinajstić information content (AvgIpc) is 2.49. The number of pyridine rings is 2. The van der Waals surface area contributed by atoms with E-state index in [1.54, 1.807) is 24.4 Å². The molecule has 3 aromatic rings. The number of amides is 1. The molecule has 3 N–H and O–H groups in total. The van der Waals surface area contributed by atoms with Crippen LogP contribution in [0.4, 0.5) is 15.9 Å². The van der Waals surface area contributed by atoms with Crippen LogP contribution < -0.4 is 11.1 Å². The lowest BCUT2D eigenvalue weighted by molar-refractivity contribution is -0.114. The van der Waals surface area contributed by atoms with Crippen molar-refractivity contribution < 1.29 is 9.18 Å². The Kier molecular flexibility index (Phi) is 3.65. The minimum atomic E-state index is -0.443. The minimum absolute atomic E-state index is 0.0983. The summed E-state index contributed by atoms with van der Waals surface area (Å²) in [6.45, 7) is 3.29. The van der Waals surface area contributed by atoms with Crippen molar-refractivity contribution >= 4 is 28.3 Å². The number of nitrogens with two attached hydrogens (primary N) is 1. The van der Waals surface area contributed by atoms with Crippen molar-refractivity contribution in [2.45, 2.75) is 13.8 Å². The molecule has 0 aliphatic carbocycles. The number of carbonyl (C=O) groups excluding carboxylic acids is 1. The Morgan fingerprint density at radius 1 is 1.26 bits per heavy atom. The van der Waals surface area contributed by atoms with Crippen molar-refractivity contribution in [2.75, 3.05) is 11.1 Å². The molecule has 23 heavy (non-hydrogen) atoms. The number of nitrogen functional groups attached to an aromatic ring is 1. The minimum Gasteiger partial charge on any atom is -0.396 e. The van der Waals surface area contributed by atoms with Crippen LogP contribution in [0.1, 0.15) is 12.6 Å². The van der Waals surface area contributed by atoms with Crippen LogP contribution in [0.25, 0.3) is 22.0 Å². The fourth-order valence-electron chi connectivity index (χ4n) is 2.42. The summed E-state index contributed by atoms with van der Waals surface area (Å²) in [5.41, 5.74) is 8.89. The Hall–Kier alpha value is -3.02. The molecule has 0 unspecified atom stereocenters. The second-order valence-electron chi connectivity index (χ2n) is 5.30. The maximum atomic E-state index is 13.3. The van der Waals surface area contributed by atoms with E-state index >= 15 is 0 Å². The van der Waals surface area contributed by atoms with Crippen LogP contribution in [0.5, 0.6) is 0 Å². The summed E-state index contributed by atoms with van der Waals surface area (Å²) < 4.78 is 13.3. The van der Waals surface area contributed by atoms with Gasteiger partial charge in [-0.3, -0.25) is 9.78 Å². The zero-order valence-electron chi connectivity index (χ0n) is 12.7. The third-order valence-corrected chi connectivity index (χ3v) is 3.50. The van der Waals surface area contributed by atoms with Gasteiger partial charge in [0.2, 0.25) is 5.91 Å². The lowest BCUT2D eigenvalue weighted by Gasteiger charge is -2.10. The number of halogens is 1. The Morgan fingerprint density at radius 3 is 2.74 bits per heavy atom. The monoisotopic (exact) mass is 310 g/mol. The summed E-state index contributed by atoms with van der Waals surface area (Å²) in [5.74, 6) is -0.176. The van der Waals surface area contributed by atoms with Crippen molar-refractivity contribution in [3.8, 4) is 11.1 Å². The van der Waals surface area contributed by atoms with E-state index in [1.165, 1.54) is 13.0 Å². The molecule has 0 bridgehead atoms. The molecule has 2 aromatic heterocycles. The fraction of sp³-hybridized carbons (Fsp3) is 0.118. The summed E-state index contributed by atoms with van der Waals surface area (Å²) >= 11 is 0. The summed E-state index contributed by atoms with van der Waals surface area (Å²) in [4.78, 5) is 19.8. The zero-order chi connectivity index (χ0) is 16.6.